The minimum atomic E-state index is -0.0557. The lowest BCUT2D eigenvalue weighted by molar-refractivity contribution is -0.123. The molecule has 1 N–H and O–H groups in total. The zero-order valence-electron chi connectivity index (χ0n) is 19.1. The zero-order chi connectivity index (χ0) is 24.2. The molecule has 2 amide bonds. The van der Waals surface area contributed by atoms with Gasteiger partial charge in [-0.2, -0.15) is 10.2 Å². The summed E-state index contributed by atoms with van der Waals surface area (Å²) < 4.78 is 6.19. The lowest BCUT2D eigenvalue weighted by Crippen LogP contribution is -2.51. The molecule has 0 atom stereocenters. The second-order valence-electron chi connectivity index (χ2n) is 8.74. The lowest BCUT2D eigenvalue weighted by Gasteiger charge is -2.33. The molecule has 0 unspecified atom stereocenters. The Morgan fingerprint density at radius 1 is 0.943 bits per heavy atom. The van der Waals surface area contributed by atoms with Gasteiger partial charge in [-0.05, 0) is 54.6 Å². The largest absolute Gasteiger partial charge is 0.490 e. The van der Waals surface area contributed by atoms with E-state index in [-0.39, 0.29) is 23.8 Å². The van der Waals surface area contributed by atoms with Gasteiger partial charge in [0.05, 0.1) is 24.0 Å². The molecule has 3 heterocycles. The summed E-state index contributed by atoms with van der Waals surface area (Å²) in [5.74, 6) is 0.728. The summed E-state index contributed by atoms with van der Waals surface area (Å²) in [5.41, 5.74) is 2.08. The minimum absolute atomic E-state index is 0.0153. The highest BCUT2D eigenvalue weighted by Gasteiger charge is 2.31. The van der Waals surface area contributed by atoms with Gasteiger partial charge in [-0.3, -0.25) is 14.5 Å². The summed E-state index contributed by atoms with van der Waals surface area (Å²) in [6.07, 6.45) is 4.70. The van der Waals surface area contributed by atoms with Gasteiger partial charge >= 0.3 is 0 Å². The number of ether oxygens (including phenoxy) is 1. The highest BCUT2D eigenvalue weighted by Crippen LogP contribution is 2.30. The van der Waals surface area contributed by atoms with Crippen LogP contribution in [0.2, 0.25) is 5.02 Å². The van der Waals surface area contributed by atoms with E-state index in [2.05, 4.69) is 15.5 Å². The van der Waals surface area contributed by atoms with Gasteiger partial charge in [0, 0.05) is 55.3 Å². The number of hydrogen-bond acceptors (Lipinski definition) is 6. The second-order valence-corrected chi connectivity index (χ2v) is 9.18. The van der Waals surface area contributed by atoms with Crippen LogP contribution in [0.15, 0.2) is 67.0 Å². The van der Waals surface area contributed by atoms with Crippen LogP contribution < -0.4 is 15.0 Å². The summed E-state index contributed by atoms with van der Waals surface area (Å²) >= 11 is 5.93. The van der Waals surface area contributed by atoms with Crippen LogP contribution in [0.3, 0.4) is 0 Å². The molecule has 5 rings (SSSR count). The maximum atomic E-state index is 13.1. The molecular weight excluding hydrogens is 466 g/mol. The van der Waals surface area contributed by atoms with E-state index < -0.39 is 0 Å². The van der Waals surface area contributed by atoms with Crippen molar-refractivity contribution in [3.8, 4) is 5.75 Å². The number of carbonyl (C=O) groups is 2. The van der Waals surface area contributed by atoms with E-state index in [0.29, 0.717) is 42.5 Å². The number of halogens is 1. The summed E-state index contributed by atoms with van der Waals surface area (Å²) in [4.78, 5) is 29.4. The smallest absolute Gasteiger partial charge is 0.253 e. The number of nitrogens with zero attached hydrogens (tertiary/aromatic N) is 4. The standard InChI is InChI=1S/C26H26ClN5O3/c27-20-3-1-18(2-4-20)25(33)31-13-10-24(11-14-31)35-23-7-5-21(6-8-23)32(22-9-12-29-30-17-22)26(34)19-15-28-16-19/h1-9,12,17,19,24,28H,10-11,13-16H2. The monoisotopic (exact) mass is 491 g/mol. The number of nitrogens with one attached hydrogen (secondary N) is 1. The normalized spacial score (nSPS) is 16.4. The van der Waals surface area contributed by atoms with Crippen LogP contribution in [-0.2, 0) is 4.79 Å². The first-order valence-electron chi connectivity index (χ1n) is 11.7. The molecule has 2 aromatic carbocycles. The molecule has 0 spiro atoms. The summed E-state index contributed by atoms with van der Waals surface area (Å²) in [7, 11) is 0. The third kappa shape index (κ3) is 5.28. The van der Waals surface area contributed by atoms with Gasteiger partial charge in [-0.15, -0.1) is 0 Å². The Morgan fingerprint density at radius 3 is 2.26 bits per heavy atom. The van der Waals surface area contributed by atoms with Crippen molar-refractivity contribution in [1.29, 1.82) is 0 Å². The van der Waals surface area contributed by atoms with E-state index in [1.165, 1.54) is 0 Å². The van der Waals surface area contributed by atoms with E-state index in [1.54, 1.807) is 47.6 Å². The summed E-state index contributed by atoms with van der Waals surface area (Å²) in [6.45, 7) is 2.62. The molecule has 180 valence electrons. The molecule has 0 bridgehead atoms. The molecule has 0 aliphatic carbocycles. The van der Waals surface area contributed by atoms with Crippen LogP contribution in [0.4, 0.5) is 11.4 Å². The fraction of sp³-hybridized carbons (Fsp3) is 0.308. The van der Waals surface area contributed by atoms with E-state index >= 15 is 0 Å². The minimum Gasteiger partial charge on any atom is -0.490 e. The SMILES string of the molecule is O=C(c1ccc(Cl)cc1)N1CCC(Oc2ccc(N(C(=O)C3CNC3)c3ccnnc3)cc2)CC1. The molecule has 9 heteroatoms. The number of rotatable bonds is 6. The van der Waals surface area contributed by atoms with Gasteiger partial charge < -0.3 is 15.0 Å². The summed E-state index contributed by atoms with van der Waals surface area (Å²) in [5, 5.41) is 11.5. The maximum Gasteiger partial charge on any atom is 0.253 e. The topological polar surface area (TPSA) is 87.7 Å². The molecule has 1 aromatic heterocycles. The van der Waals surface area contributed by atoms with Crippen molar-refractivity contribution in [2.24, 2.45) is 5.92 Å². The predicted octanol–water partition coefficient (Wildman–Crippen LogP) is 3.70. The number of aromatic nitrogens is 2. The number of carbonyl (C=O) groups excluding carboxylic acids is 2. The van der Waals surface area contributed by atoms with Crippen molar-refractivity contribution in [2.45, 2.75) is 18.9 Å². The van der Waals surface area contributed by atoms with Gasteiger partial charge in [0.15, 0.2) is 0 Å². The second kappa shape index (κ2) is 10.4. The average molecular weight is 492 g/mol. The van der Waals surface area contributed by atoms with Crippen LogP contribution in [-0.4, -0.2) is 59.2 Å². The fourth-order valence-corrected chi connectivity index (χ4v) is 4.41. The predicted molar refractivity (Wildman–Crippen MR) is 133 cm³/mol. The molecule has 2 fully saturated rings. The van der Waals surface area contributed by atoms with Crippen LogP contribution in [0.1, 0.15) is 23.2 Å². The number of amides is 2. The van der Waals surface area contributed by atoms with Gasteiger partial charge in [0.1, 0.15) is 11.9 Å². The Bertz CT molecular complexity index is 1160. The van der Waals surface area contributed by atoms with Gasteiger partial charge in [0.25, 0.3) is 5.91 Å². The van der Waals surface area contributed by atoms with Crippen molar-refractivity contribution in [3.63, 3.8) is 0 Å². The Kier molecular flexibility index (Phi) is 6.92. The van der Waals surface area contributed by atoms with E-state index in [1.807, 2.05) is 29.2 Å². The van der Waals surface area contributed by atoms with Gasteiger partial charge in [-0.25, -0.2) is 0 Å². The fourth-order valence-electron chi connectivity index (χ4n) is 4.28. The first-order chi connectivity index (χ1) is 17.1. The molecule has 2 saturated heterocycles. The first kappa shape index (κ1) is 23.3. The molecule has 3 aromatic rings. The molecule has 2 aliphatic heterocycles. The Morgan fingerprint density at radius 2 is 1.66 bits per heavy atom. The van der Waals surface area contributed by atoms with Crippen LogP contribution in [0, 0.1) is 5.92 Å². The number of anilines is 2. The van der Waals surface area contributed by atoms with Crippen LogP contribution in [0.25, 0.3) is 0 Å². The van der Waals surface area contributed by atoms with Gasteiger partial charge in [0.2, 0.25) is 5.91 Å². The highest BCUT2D eigenvalue weighted by atomic mass is 35.5. The van der Waals surface area contributed by atoms with E-state index in [9.17, 15) is 9.59 Å². The van der Waals surface area contributed by atoms with Gasteiger partial charge in [-0.1, -0.05) is 11.6 Å². The third-order valence-corrected chi connectivity index (χ3v) is 6.65. The Labute approximate surface area is 208 Å². The van der Waals surface area contributed by atoms with Crippen molar-refractivity contribution in [3.05, 3.63) is 77.6 Å². The van der Waals surface area contributed by atoms with Crippen molar-refractivity contribution in [1.82, 2.24) is 20.4 Å². The molecule has 8 nitrogen and oxygen atoms in total. The molecule has 0 saturated carbocycles. The third-order valence-electron chi connectivity index (χ3n) is 6.40. The van der Waals surface area contributed by atoms with Crippen LogP contribution in [0.5, 0.6) is 5.75 Å². The van der Waals surface area contributed by atoms with E-state index in [0.717, 1.165) is 24.3 Å². The van der Waals surface area contributed by atoms with Crippen LogP contribution >= 0.6 is 11.6 Å². The average Bonchev–Trinajstić information content (AvgIpc) is 2.85. The Balaban J connectivity index is 1.21. The number of likely N-dealkylation sites (tertiary alicyclic amines) is 1. The number of piperidine rings is 1. The molecule has 35 heavy (non-hydrogen) atoms. The van der Waals surface area contributed by atoms with E-state index in [4.69, 9.17) is 16.3 Å². The summed E-state index contributed by atoms with van der Waals surface area (Å²) in [6, 6.07) is 16.3. The molecule has 2 aliphatic rings. The highest BCUT2D eigenvalue weighted by molar-refractivity contribution is 6.30. The zero-order valence-corrected chi connectivity index (χ0v) is 19.9. The first-order valence-corrected chi connectivity index (χ1v) is 12.1. The molecule has 0 radical (unpaired) electrons. The molecular formula is C26H26ClN5O3. The van der Waals surface area contributed by atoms with Crippen molar-refractivity contribution in [2.75, 3.05) is 31.1 Å². The quantitative estimate of drug-likeness (QED) is 0.565. The van der Waals surface area contributed by atoms with Crippen molar-refractivity contribution < 1.29 is 14.3 Å². The number of hydrogen-bond donors (Lipinski definition) is 1. The van der Waals surface area contributed by atoms with Crippen molar-refractivity contribution >= 4 is 34.8 Å². The lowest BCUT2D eigenvalue weighted by atomic mass is 10.0. The maximum absolute atomic E-state index is 13.1. The Hall–Kier alpha value is -3.49. The number of benzene rings is 2.